The number of aromatic nitrogens is 1. The molecule has 1 aliphatic carbocycles. The molecule has 4 rings (SSSR count). The number of carbonyl (C=O) groups is 2. The first-order valence-electron chi connectivity index (χ1n) is 12.5. The zero-order chi connectivity index (χ0) is 27.7. The first-order chi connectivity index (χ1) is 18.1. The summed E-state index contributed by atoms with van der Waals surface area (Å²) in [4.78, 5) is 37.9. The molecule has 38 heavy (non-hydrogen) atoms. The zero-order valence-electron chi connectivity index (χ0n) is 22.5. The van der Waals surface area contributed by atoms with E-state index in [1.807, 2.05) is 32.0 Å². The van der Waals surface area contributed by atoms with Crippen LogP contribution in [0.4, 0.5) is 15.8 Å². The van der Waals surface area contributed by atoms with Crippen LogP contribution < -0.4 is 20.9 Å². The zero-order valence-corrected chi connectivity index (χ0v) is 22.5. The molecular weight excluding hydrogens is 485 g/mol. The normalized spacial score (nSPS) is 13.6. The van der Waals surface area contributed by atoms with E-state index in [1.54, 1.807) is 30.5 Å². The van der Waals surface area contributed by atoms with E-state index in [2.05, 4.69) is 10.6 Å². The number of anilines is 2. The molecule has 0 radical (unpaired) electrons. The van der Waals surface area contributed by atoms with Crippen molar-refractivity contribution in [2.75, 3.05) is 17.7 Å². The van der Waals surface area contributed by atoms with Crippen LogP contribution in [-0.4, -0.2) is 23.9 Å². The smallest absolute Gasteiger partial charge is 0.264 e. The van der Waals surface area contributed by atoms with Gasteiger partial charge in [-0.2, -0.15) is 0 Å². The fraction of sp³-hybridized carbons (Fsp3) is 0.300. The number of allylic oxidation sites excluding steroid dienone is 1. The lowest BCUT2D eigenvalue weighted by Gasteiger charge is -2.24. The van der Waals surface area contributed by atoms with Crippen LogP contribution in [0, 0.1) is 26.6 Å². The lowest BCUT2D eigenvalue weighted by molar-refractivity contribution is -0.114. The molecule has 1 saturated carbocycles. The topological polar surface area (TPSA) is 89.4 Å². The molecule has 3 aromatic rings. The molecule has 0 bridgehead atoms. The molecule has 8 heteroatoms. The van der Waals surface area contributed by atoms with Crippen molar-refractivity contribution in [3.05, 3.63) is 80.5 Å². The quantitative estimate of drug-likeness (QED) is 0.286. The van der Waals surface area contributed by atoms with Crippen LogP contribution >= 0.6 is 0 Å². The molecule has 2 N–H and O–H groups in total. The van der Waals surface area contributed by atoms with Crippen LogP contribution in [0.25, 0.3) is 16.8 Å². The number of hydrogen-bond donors (Lipinski definition) is 2. The Kier molecular flexibility index (Phi) is 7.53. The first kappa shape index (κ1) is 26.9. The number of carbonyl (C=O) groups excluding carboxylic acids is 2. The summed E-state index contributed by atoms with van der Waals surface area (Å²) in [6.07, 6.45) is 2.34. The summed E-state index contributed by atoms with van der Waals surface area (Å²) in [6, 6.07) is 10.3. The second kappa shape index (κ2) is 10.7. The van der Waals surface area contributed by atoms with E-state index >= 15 is 0 Å². The highest BCUT2D eigenvalue weighted by atomic mass is 19.1. The Labute approximate surface area is 221 Å². The van der Waals surface area contributed by atoms with Crippen molar-refractivity contribution in [3.8, 4) is 16.9 Å². The Morgan fingerprint density at radius 1 is 1.08 bits per heavy atom. The number of hydrogen-bond acceptors (Lipinski definition) is 5. The minimum Gasteiger partial charge on any atom is -0.495 e. The molecular formula is C30H32FN3O4. The Hall–Kier alpha value is -4.20. The number of aldehydes is 1. The predicted octanol–water partition coefficient (Wildman–Crippen LogP) is 5.92. The highest BCUT2D eigenvalue weighted by molar-refractivity contribution is 5.96. The average Bonchev–Trinajstić information content (AvgIpc) is 3.70. The standard InChI is InChI=1S/C30H32FN3O4/c1-16-10-13-25(23(31)14-16)33-28(17(2)15-35)27-29(38-6)26(19(4)34(30(27)37)21-11-12-21)22-8-7-9-24(18(22)3)32-20(5)36/h7-10,13-15,21,33H,11-12H2,1-6H3,(H,32,36)/b28-17+. The third-order valence-electron chi connectivity index (χ3n) is 6.85. The highest BCUT2D eigenvalue weighted by Gasteiger charge is 2.33. The second-order valence-corrected chi connectivity index (χ2v) is 9.72. The fourth-order valence-corrected chi connectivity index (χ4v) is 4.80. The van der Waals surface area contributed by atoms with Crippen LogP contribution in [0.2, 0.25) is 0 Å². The number of nitrogens with one attached hydrogen (secondary N) is 2. The molecule has 1 heterocycles. The number of methoxy groups -OCH3 is 1. The second-order valence-electron chi connectivity index (χ2n) is 9.72. The summed E-state index contributed by atoms with van der Waals surface area (Å²) < 4.78 is 22.5. The molecule has 2 aromatic carbocycles. The van der Waals surface area contributed by atoms with Crippen LogP contribution in [0.5, 0.6) is 5.75 Å². The molecule has 0 unspecified atom stereocenters. The van der Waals surface area contributed by atoms with E-state index in [4.69, 9.17) is 4.74 Å². The number of halogens is 1. The van der Waals surface area contributed by atoms with Crippen molar-refractivity contribution in [2.45, 2.75) is 53.5 Å². The number of nitrogens with zero attached hydrogens (tertiary/aromatic N) is 1. The first-order valence-corrected chi connectivity index (χ1v) is 12.5. The van der Waals surface area contributed by atoms with E-state index in [9.17, 15) is 18.8 Å². The summed E-state index contributed by atoms with van der Waals surface area (Å²) >= 11 is 0. The van der Waals surface area contributed by atoms with Gasteiger partial charge >= 0.3 is 0 Å². The van der Waals surface area contributed by atoms with E-state index < -0.39 is 5.82 Å². The van der Waals surface area contributed by atoms with Crippen molar-refractivity contribution in [3.63, 3.8) is 0 Å². The number of ether oxygens (including phenoxy) is 1. The molecule has 1 aliphatic rings. The van der Waals surface area contributed by atoms with E-state index in [0.29, 0.717) is 23.2 Å². The van der Waals surface area contributed by atoms with E-state index in [-0.39, 0.29) is 45.8 Å². The molecule has 1 fully saturated rings. The minimum atomic E-state index is -0.506. The van der Waals surface area contributed by atoms with Gasteiger partial charge in [-0.3, -0.25) is 14.4 Å². The maximum absolute atomic E-state index is 14.9. The van der Waals surface area contributed by atoms with Crippen molar-refractivity contribution in [1.82, 2.24) is 4.57 Å². The van der Waals surface area contributed by atoms with Crippen LogP contribution in [0.3, 0.4) is 0 Å². The molecule has 0 spiro atoms. The van der Waals surface area contributed by atoms with Gasteiger partial charge in [0.1, 0.15) is 23.4 Å². The fourth-order valence-electron chi connectivity index (χ4n) is 4.80. The molecule has 0 atom stereocenters. The van der Waals surface area contributed by atoms with Crippen LogP contribution in [-0.2, 0) is 9.59 Å². The van der Waals surface area contributed by atoms with Crippen molar-refractivity contribution < 1.29 is 18.7 Å². The molecule has 7 nitrogen and oxygen atoms in total. The highest BCUT2D eigenvalue weighted by Crippen LogP contribution is 2.44. The summed E-state index contributed by atoms with van der Waals surface area (Å²) in [5.41, 5.74) is 4.69. The lowest BCUT2D eigenvalue weighted by atomic mass is 9.93. The van der Waals surface area contributed by atoms with Crippen molar-refractivity contribution in [1.29, 1.82) is 0 Å². The lowest BCUT2D eigenvalue weighted by Crippen LogP contribution is -2.28. The average molecular weight is 518 g/mol. The van der Waals surface area contributed by atoms with Crippen molar-refractivity contribution >= 4 is 29.3 Å². The van der Waals surface area contributed by atoms with Gasteiger partial charge in [-0.15, -0.1) is 0 Å². The maximum atomic E-state index is 14.9. The third kappa shape index (κ3) is 4.98. The molecule has 1 amide bonds. The predicted molar refractivity (Wildman–Crippen MR) is 148 cm³/mol. The van der Waals surface area contributed by atoms with Gasteiger partial charge in [0.05, 0.1) is 18.5 Å². The van der Waals surface area contributed by atoms with Gasteiger partial charge in [0.15, 0.2) is 0 Å². The number of amides is 1. The van der Waals surface area contributed by atoms with Gasteiger partial charge in [0.25, 0.3) is 5.56 Å². The van der Waals surface area contributed by atoms with E-state index in [1.165, 1.54) is 20.1 Å². The molecule has 1 aromatic heterocycles. The minimum absolute atomic E-state index is 0.0126. The molecule has 0 aliphatic heterocycles. The SMILES string of the molecule is COc1c(-c2cccc(NC(C)=O)c2C)c(C)n(C2CC2)c(=O)c1/C(Nc1ccc(C)cc1F)=C(/C)C=O. The molecule has 0 saturated heterocycles. The number of pyridine rings is 1. The largest absolute Gasteiger partial charge is 0.495 e. The van der Waals surface area contributed by atoms with Gasteiger partial charge in [-0.25, -0.2) is 4.39 Å². The summed E-state index contributed by atoms with van der Waals surface area (Å²) in [7, 11) is 1.47. The van der Waals surface area contributed by atoms with Gasteiger partial charge in [-0.1, -0.05) is 18.2 Å². The number of rotatable bonds is 8. The van der Waals surface area contributed by atoms with Gasteiger partial charge in [-0.05, 0) is 75.4 Å². The van der Waals surface area contributed by atoms with Gasteiger partial charge in [0.2, 0.25) is 5.91 Å². The Morgan fingerprint density at radius 2 is 1.79 bits per heavy atom. The summed E-state index contributed by atoms with van der Waals surface area (Å²) in [6.45, 7) is 8.55. The summed E-state index contributed by atoms with van der Waals surface area (Å²) in [5.74, 6) is -0.439. The Bertz CT molecular complexity index is 1530. The number of aryl methyl sites for hydroxylation is 1. The Morgan fingerprint density at radius 3 is 2.37 bits per heavy atom. The molecule has 198 valence electrons. The van der Waals surface area contributed by atoms with Crippen molar-refractivity contribution in [2.24, 2.45) is 0 Å². The maximum Gasteiger partial charge on any atom is 0.264 e. The third-order valence-corrected chi connectivity index (χ3v) is 6.85. The summed E-state index contributed by atoms with van der Waals surface area (Å²) in [5, 5.41) is 5.87. The Balaban J connectivity index is 2.07. The van der Waals surface area contributed by atoms with E-state index in [0.717, 1.165) is 29.5 Å². The van der Waals surface area contributed by atoms with Crippen LogP contribution in [0.15, 0.2) is 46.8 Å². The van der Waals surface area contributed by atoms with Gasteiger partial charge in [0, 0.05) is 35.5 Å². The van der Waals surface area contributed by atoms with Crippen LogP contribution in [0.1, 0.15) is 55.1 Å². The van der Waals surface area contributed by atoms with Gasteiger partial charge < -0.3 is 19.9 Å². The monoisotopic (exact) mass is 517 g/mol. The number of benzene rings is 2.